The van der Waals surface area contributed by atoms with Crippen LogP contribution in [-0.2, 0) is 11.0 Å². The Morgan fingerprint density at radius 3 is 2.62 bits per heavy atom. The molecule has 26 heavy (non-hydrogen) atoms. The SMILES string of the molecule is O=CC1CCN(c2cnc(Nc3cccc(Br)c3)nc2C(F)(F)F)CC1. The van der Waals surface area contributed by atoms with Gasteiger partial charge < -0.3 is 15.0 Å². The molecule has 0 radical (unpaired) electrons. The van der Waals surface area contributed by atoms with Crippen molar-refractivity contribution >= 4 is 39.5 Å². The van der Waals surface area contributed by atoms with Crippen molar-refractivity contribution < 1.29 is 18.0 Å². The van der Waals surface area contributed by atoms with Gasteiger partial charge in [0.25, 0.3) is 0 Å². The maximum absolute atomic E-state index is 13.5. The molecule has 0 aliphatic carbocycles. The molecule has 1 aliphatic rings. The lowest BCUT2D eigenvalue weighted by Crippen LogP contribution is -2.35. The van der Waals surface area contributed by atoms with Crippen LogP contribution in [0.2, 0.25) is 0 Å². The quantitative estimate of drug-likeness (QED) is 0.730. The molecular formula is C17H16BrF3N4O. The molecule has 9 heteroatoms. The summed E-state index contributed by atoms with van der Waals surface area (Å²) in [5.41, 5.74) is -0.455. The summed E-state index contributed by atoms with van der Waals surface area (Å²) < 4.78 is 41.3. The molecule has 0 saturated carbocycles. The summed E-state index contributed by atoms with van der Waals surface area (Å²) in [6, 6.07) is 6.98. The Morgan fingerprint density at radius 1 is 1.27 bits per heavy atom. The number of nitrogens with zero attached hydrogens (tertiary/aromatic N) is 3. The van der Waals surface area contributed by atoms with Crippen LogP contribution < -0.4 is 10.2 Å². The number of rotatable bonds is 4. The van der Waals surface area contributed by atoms with E-state index in [1.54, 1.807) is 29.2 Å². The summed E-state index contributed by atoms with van der Waals surface area (Å²) in [5.74, 6) is -0.221. The van der Waals surface area contributed by atoms with Crippen molar-refractivity contribution in [3.05, 3.63) is 40.6 Å². The number of hydrogen-bond acceptors (Lipinski definition) is 5. The molecule has 2 heterocycles. The lowest BCUT2D eigenvalue weighted by atomic mass is 9.98. The molecule has 0 amide bonds. The highest BCUT2D eigenvalue weighted by Crippen LogP contribution is 2.37. The van der Waals surface area contributed by atoms with Crippen LogP contribution in [0.5, 0.6) is 0 Å². The molecule has 1 aromatic carbocycles. The molecule has 0 spiro atoms. The number of benzene rings is 1. The fourth-order valence-electron chi connectivity index (χ4n) is 2.85. The first kappa shape index (κ1) is 18.6. The van der Waals surface area contributed by atoms with Crippen molar-refractivity contribution in [2.75, 3.05) is 23.3 Å². The normalized spacial score (nSPS) is 15.8. The largest absolute Gasteiger partial charge is 0.435 e. The van der Waals surface area contributed by atoms with Crippen LogP contribution >= 0.6 is 15.9 Å². The van der Waals surface area contributed by atoms with Crippen molar-refractivity contribution in [3.63, 3.8) is 0 Å². The van der Waals surface area contributed by atoms with Gasteiger partial charge in [0.1, 0.15) is 6.29 Å². The fourth-order valence-corrected chi connectivity index (χ4v) is 3.25. The molecular weight excluding hydrogens is 413 g/mol. The van der Waals surface area contributed by atoms with Gasteiger partial charge in [0.05, 0.1) is 11.9 Å². The van der Waals surface area contributed by atoms with Crippen LogP contribution in [0, 0.1) is 5.92 Å². The first-order valence-electron chi connectivity index (χ1n) is 8.04. The van der Waals surface area contributed by atoms with Gasteiger partial charge in [0.2, 0.25) is 5.95 Å². The van der Waals surface area contributed by atoms with E-state index in [-0.39, 0.29) is 17.6 Å². The third kappa shape index (κ3) is 4.32. The van der Waals surface area contributed by atoms with E-state index in [0.29, 0.717) is 31.6 Å². The molecule has 0 bridgehead atoms. The standard InChI is InChI=1S/C17H16BrF3N4O/c18-12-2-1-3-13(8-12)23-16-22-9-14(15(24-16)17(19,20)21)25-6-4-11(10-26)5-7-25/h1-3,8-11H,4-7H2,(H,22,23,24). The molecule has 5 nitrogen and oxygen atoms in total. The Labute approximate surface area is 156 Å². The molecule has 1 N–H and O–H groups in total. The van der Waals surface area contributed by atoms with Crippen molar-refractivity contribution in [2.45, 2.75) is 19.0 Å². The molecule has 1 fully saturated rings. The van der Waals surface area contributed by atoms with E-state index >= 15 is 0 Å². The highest BCUT2D eigenvalue weighted by atomic mass is 79.9. The van der Waals surface area contributed by atoms with E-state index in [9.17, 15) is 18.0 Å². The third-order valence-corrected chi connectivity index (χ3v) is 4.68. The van der Waals surface area contributed by atoms with Crippen LogP contribution in [0.25, 0.3) is 0 Å². The molecule has 1 aromatic heterocycles. The average Bonchev–Trinajstić information content (AvgIpc) is 2.61. The molecule has 1 aliphatic heterocycles. The number of alkyl halides is 3. The minimum Gasteiger partial charge on any atom is -0.368 e. The lowest BCUT2D eigenvalue weighted by molar-refractivity contribution is -0.140. The van der Waals surface area contributed by atoms with Gasteiger partial charge in [-0.25, -0.2) is 9.97 Å². The Kier molecular flexibility index (Phi) is 5.45. The predicted molar refractivity (Wildman–Crippen MR) is 95.5 cm³/mol. The van der Waals surface area contributed by atoms with Gasteiger partial charge in [-0.3, -0.25) is 0 Å². The Hall–Kier alpha value is -2.16. The maximum Gasteiger partial charge on any atom is 0.435 e. The van der Waals surface area contributed by atoms with Gasteiger partial charge in [-0.05, 0) is 31.0 Å². The highest BCUT2D eigenvalue weighted by Gasteiger charge is 2.38. The predicted octanol–water partition coefficient (Wildman–Crippen LogP) is 4.42. The number of hydrogen-bond donors (Lipinski definition) is 1. The second-order valence-electron chi connectivity index (χ2n) is 6.02. The van der Waals surface area contributed by atoms with Gasteiger partial charge in [-0.15, -0.1) is 0 Å². The highest BCUT2D eigenvalue weighted by molar-refractivity contribution is 9.10. The van der Waals surface area contributed by atoms with Crippen LogP contribution in [0.4, 0.5) is 30.5 Å². The van der Waals surface area contributed by atoms with Crippen LogP contribution in [0.15, 0.2) is 34.9 Å². The molecule has 3 rings (SSSR count). The van der Waals surface area contributed by atoms with Gasteiger partial charge in [0.15, 0.2) is 5.69 Å². The topological polar surface area (TPSA) is 58.1 Å². The zero-order valence-corrected chi connectivity index (χ0v) is 15.2. The molecule has 2 aromatic rings. The van der Waals surface area contributed by atoms with E-state index in [1.165, 1.54) is 6.20 Å². The number of piperidine rings is 1. The minimum atomic E-state index is -4.60. The van der Waals surface area contributed by atoms with Gasteiger partial charge in [-0.2, -0.15) is 13.2 Å². The summed E-state index contributed by atoms with van der Waals surface area (Å²) in [7, 11) is 0. The van der Waals surface area contributed by atoms with E-state index in [2.05, 4.69) is 31.2 Å². The number of aldehydes is 1. The Bertz CT molecular complexity index is 792. The van der Waals surface area contributed by atoms with E-state index in [0.717, 1.165) is 10.8 Å². The van der Waals surface area contributed by atoms with E-state index in [4.69, 9.17) is 0 Å². The fraction of sp³-hybridized carbons (Fsp3) is 0.353. The number of anilines is 3. The average molecular weight is 429 g/mol. The summed E-state index contributed by atoms with van der Waals surface area (Å²) in [4.78, 5) is 20.2. The molecule has 0 atom stereocenters. The third-order valence-electron chi connectivity index (χ3n) is 4.19. The summed E-state index contributed by atoms with van der Waals surface area (Å²) in [5, 5.41) is 2.79. The first-order chi connectivity index (χ1) is 12.4. The molecule has 1 saturated heterocycles. The second kappa shape index (κ2) is 7.61. The maximum atomic E-state index is 13.5. The Balaban J connectivity index is 1.88. The van der Waals surface area contributed by atoms with Gasteiger partial charge in [0, 0.05) is 29.2 Å². The second-order valence-corrected chi connectivity index (χ2v) is 6.94. The number of carbonyl (C=O) groups excluding carboxylic acids is 1. The summed E-state index contributed by atoms with van der Waals surface area (Å²) in [6.45, 7) is 0.739. The Morgan fingerprint density at radius 2 is 2.00 bits per heavy atom. The van der Waals surface area contributed by atoms with Gasteiger partial charge in [-0.1, -0.05) is 22.0 Å². The van der Waals surface area contributed by atoms with Crippen LogP contribution in [0.1, 0.15) is 18.5 Å². The summed E-state index contributed by atoms with van der Waals surface area (Å²) in [6.07, 6.45) is -1.49. The monoisotopic (exact) mass is 428 g/mol. The van der Waals surface area contributed by atoms with Crippen molar-refractivity contribution in [1.29, 1.82) is 0 Å². The first-order valence-corrected chi connectivity index (χ1v) is 8.83. The number of halogens is 4. The van der Waals surface area contributed by atoms with Crippen LogP contribution in [0.3, 0.4) is 0 Å². The van der Waals surface area contributed by atoms with Crippen molar-refractivity contribution in [3.8, 4) is 0 Å². The van der Waals surface area contributed by atoms with Crippen molar-refractivity contribution in [1.82, 2.24) is 9.97 Å². The molecule has 0 unspecified atom stereocenters. The van der Waals surface area contributed by atoms with Crippen molar-refractivity contribution in [2.24, 2.45) is 5.92 Å². The number of carbonyl (C=O) groups is 1. The zero-order valence-electron chi connectivity index (χ0n) is 13.6. The zero-order chi connectivity index (χ0) is 18.7. The van der Waals surface area contributed by atoms with E-state index < -0.39 is 11.9 Å². The number of aromatic nitrogens is 2. The minimum absolute atomic E-state index is 0.0540. The lowest BCUT2D eigenvalue weighted by Gasteiger charge is -2.32. The summed E-state index contributed by atoms with van der Waals surface area (Å²) >= 11 is 3.30. The number of nitrogens with one attached hydrogen (secondary N) is 1. The smallest absolute Gasteiger partial charge is 0.368 e. The van der Waals surface area contributed by atoms with Crippen LogP contribution in [-0.4, -0.2) is 29.3 Å². The van der Waals surface area contributed by atoms with E-state index in [1.807, 2.05) is 0 Å². The van der Waals surface area contributed by atoms with Gasteiger partial charge >= 0.3 is 6.18 Å². The molecule has 138 valence electrons.